The highest BCUT2D eigenvalue weighted by molar-refractivity contribution is 7.12. The Labute approximate surface area is 228 Å². The van der Waals surface area contributed by atoms with Crippen LogP contribution in [0.4, 0.5) is 5.69 Å². The van der Waals surface area contributed by atoms with Crippen LogP contribution in [-0.2, 0) is 22.8 Å². The number of oxime groups is 1. The van der Waals surface area contributed by atoms with E-state index in [2.05, 4.69) is 20.3 Å². The first-order chi connectivity index (χ1) is 19.0. The summed E-state index contributed by atoms with van der Waals surface area (Å²) in [4.78, 5) is 33.1. The number of hydrogen-bond donors (Lipinski definition) is 1. The van der Waals surface area contributed by atoms with Crippen molar-refractivity contribution in [3.8, 4) is 5.88 Å². The van der Waals surface area contributed by atoms with Crippen molar-refractivity contribution in [2.24, 2.45) is 21.3 Å². The molecule has 1 unspecified atom stereocenters. The van der Waals surface area contributed by atoms with Gasteiger partial charge in [-0.05, 0) is 42.8 Å². The van der Waals surface area contributed by atoms with Crippen LogP contribution in [0, 0.1) is 5.92 Å². The number of benzene rings is 1. The fraction of sp³-hybridized carbons (Fsp3) is 0.321. The van der Waals surface area contributed by atoms with Crippen molar-refractivity contribution in [1.29, 1.82) is 0 Å². The number of para-hydroxylation sites is 1. The second kappa shape index (κ2) is 10.6. The van der Waals surface area contributed by atoms with Gasteiger partial charge in [-0.3, -0.25) is 19.1 Å². The van der Waals surface area contributed by atoms with Crippen LogP contribution in [0.5, 0.6) is 5.88 Å². The summed E-state index contributed by atoms with van der Waals surface area (Å²) >= 11 is 1.53. The van der Waals surface area contributed by atoms with E-state index in [-0.39, 0.29) is 29.7 Å². The van der Waals surface area contributed by atoms with Gasteiger partial charge in [0.05, 0.1) is 22.8 Å². The molecule has 5 heterocycles. The van der Waals surface area contributed by atoms with Crippen molar-refractivity contribution >= 4 is 39.5 Å². The first kappa shape index (κ1) is 25.2. The Bertz CT molecular complexity index is 1640. The van der Waals surface area contributed by atoms with Gasteiger partial charge in [-0.25, -0.2) is 0 Å². The second-order valence-electron chi connectivity index (χ2n) is 10.0. The monoisotopic (exact) mass is 544 g/mol. The van der Waals surface area contributed by atoms with Crippen LogP contribution in [0.25, 0.3) is 10.9 Å². The van der Waals surface area contributed by atoms with Crippen molar-refractivity contribution in [3.05, 3.63) is 80.9 Å². The normalized spacial score (nSPS) is 19.5. The fourth-order valence-electron chi connectivity index (χ4n) is 5.67. The quantitative estimate of drug-likeness (QED) is 0.206. The lowest BCUT2D eigenvalue weighted by Crippen LogP contribution is -2.47. The molecule has 1 aromatic carbocycles. The molecule has 6 rings (SSSR count). The van der Waals surface area contributed by atoms with Crippen LogP contribution >= 0.6 is 11.3 Å². The Morgan fingerprint density at radius 3 is 2.82 bits per heavy atom. The van der Waals surface area contributed by atoms with Gasteiger partial charge >= 0.3 is 5.91 Å². The molecular weight excluding hydrogens is 516 g/mol. The van der Waals surface area contributed by atoms with Crippen molar-refractivity contribution < 1.29 is 14.7 Å². The first-order valence-corrected chi connectivity index (χ1v) is 13.7. The third-order valence-corrected chi connectivity index (χ3v) is 8.32. The molecule has 2 aliphatic rings. The van der Waals surface area contributed by atoms with Gasteiger partial charge < -0.3 is 14.5 Å². The molecule has 4 aromatic rings. The molecule has 39 heavy (non-hydrogen) atoms. The average molecular weight is 545 g/mol. The minimum absolute atomic E-state index is 0.0485. The molecule has 1 saturated heterocycles. The Kier molecular flexibility index (Phi) is 6.84. The highest BCUT2D eigenvalue weighted by Gasteiger charge is 2.35. The summed E-state index contributed by atoms with van der Waals surface area (Å²) in [5, 5.41) is 25.7. The summed E-state index contributed by atoms with van der Waals surface area (Å²) in [5.74, 6) is -0.0271. The van der Waals surface area contributed by atoms with Gasteiger partial charge in [-0.15, -0.1) is 21.6 Å². The Hall–Kier alpha value is -4.09. The molecule has 0 aliphatic carbocycles. The van der Waals surface area contributed by atoms with E-state index in [0.717, 1.165) is 35.6 Å². The molecule has 2 bridgehead atoms. The lowest BCUT2D eigenvalue weighted by molar-refractivity contribution is -0.122. The molecule has 2 atom stereocenters. The Morgan fingerprint density at radius 2 is 1.97 bits per heavy atom. The van der Waals surface area contributed by atoms with Crippen molar-refractivity contribution in [1.82, 2.24) is 14.0 Å². The number of azo groups is 1. The highest BCUT2D eigenvalue weighted by Crippen LogP contribution is 2.40. The van der Waals surface area contributed by atoms with Crippen LogP contribution in [0.3, 0.4) is 0 Å². The highest BCUT2D eigenvalue weighted by atomic mass is 32.1. The number of nitrogens with zero attached hydrogens (tertiary/aromatic N) is 6. The molecule has 3 aromatic heterocycles. The molecule has 2 aliphatic heterocycles. The SMILES string of the molecule is C/C(=N\OCC(=O)N=Nc1c(O)n(CN2CC3C[C@@H](C2)Cn2c3cccc2=O)c2ccccc12)c1cccs1. The summed E-state index contributed by atoms with van der Waals surface area (Å²) in [6, 6.07) is 16.9. The maximum atomic E-state index is 12.4. The number of amides is 1. The predicted octanol–water partition coefficient (Wildman–Crippen LogP) is 4.70. The van der Waals surface area contributed by atoms with Crippen molar-refractivity contribution in [2.75, 3.05) is 19.7 Å². The second-order valence-corrected chi connectivity index (χ2v) is 11.0. The lowest BCUT2D eigenvalue weighted by Gasteiger charge is -2.42. The molecule has 200 valence electrons. The average Bonchev–Trinajstić information content (AvgIpc) is 3.56. The Morgan fingerprint density at radius 1 is 1.10 bits per heavy atom. The topological polar surface area (TPSA) is 114 Å². The van der Waals surface area contributed by atoms with E-state index in [1.54, 1.807) is 17.6 Å². The van der Waals surface area contributed by atoms with Gasteiger partial charge in [-0.1, -0.05) is 35.5 Å². The van der Waals surface area contributed by atoms with E-state index in [9.17, 15) is 14.7 Å². The smallest absolute Gasteiger partial charge is 0.304 e. The van der Waals surface area contributed by atoms with Crippen LogP contribution in [0.15, 0.2) is 80.2 Å². The Balaban J connectivity index is 1.19. The summed E-state index contributed by atoms with van der Waals surface area (Å²) in [5.41, 5.74) is 2.86. The zero-order valence-corrected chi connectivity index (χ0v) is 22.3. The molecule has 11 heteroatoms. The minimum Gasteiger partial charge on any atom is -0.493 e. The number of fused-ring (bicyclic) bond motifs is 5. The fourth-order valence-corrected chi connectivity index (χ4v) is 6.34. The molecule has 10 nitrogen and oxygen atoms in total. The molecule has 0 saturated carbocycles. The third kappa shape index (κ3) is 5.02. The predicted molar refractivity (Wildman–Crippen MR) is 149 cm³/mol. The summed E-state index contributed by atoms with van der Waals surface area (Å²) in [7, 11) is 0. The minimum atomic E-state index is -0.605. The molecule has 1 N–H and O–H groups in total. The number of hydrogen-bond acceptors (Lipinski definition) is 8. The number of pyridine rings is 1. The van der Waals surface area contributed by atoms with Gasteiger partial charge in [-0.2, -0.15) is 0 Å². The number of aromatic hydroxyl groups is 1. The van der Waals surface area contributed by atoms with Gasteiger partial charge in [0.25, 0.3) is 5.56 Å². The maximum Gasteiger partial charge on any atom is 0.304 e. The first-order valence-electron chi connectivity index (χ1n) is 12.8. The number of carbonyl (C=O) groups is 1. The van der Waals surface area contributed by atoms with E-state index < -0.39 is 5.91 Å². The summed E-state index contributed by atoms with van der Waals surface area (Å²) in [6.45, 7) is 4.22. The number of aromatic nitrogens is 2. The van der Waals surface area contributed by atoms with Gasteiger partial charge in [0.15, 0.2) is 12.3 Å². The van der Waals surface area contributed by atoms with E-state index in [1.807, 2.05) is 58.5 Å². The zero-order valence-electron chi connectivity index (χ0n) is 21.4. The number of likely N-dealkylation sites (tertiary alicyclic amines) is 1. The van der Waals surface area contributed by atoms with E-state index in [0.29, 0.717) is 30.2 Å². The third-order valence-electron chi connectivity index (χ3n) is 7.34. The van der Waals surface area contributed by atoms with Crippen LogP contribution in [-0.4, -0.2) is 50.5 Å². The molecule has 0 spiro atoms. The van der Waals surface area contributed by atoms with E-state index >= 15 is 0 Å². The van der Waals surface area contributed by atoms with E-state index in [1.165, 1.54) is 11.3 Å². The van der Waals surface area contributed by atoms with Gasteiger partial charge in [0.1, 0.15) is 0 Å². The molecule has 0 radical (unpaired) electrons. The van der Waals surface area contributed by atoms with Crippen LogP contribution in [0.2, 0.25) is 0 Å². The van der Waals surface area contributed by atoms with Gasteiger partial charge in [0.2, 0.25) is 5.88 Å². The molecular formula is C28H28N6O4S. The zero-order chi connectivity index (χ0) is 26.9. The number of rotatable bonds is 7. The van der Waals surface area contributed by atoms with Gasteiger partial charge in [0, 0.05) is 42.7 Å². The number of thiophene rings is 1. The molecule has 1 fully saturated rings. The molecule has 1 amide bonds. The summed E-state index contributed by atoms with van der Waals surface area (Å²) < 4.78 is 3.71. The number of carbonyl (C=O) groups excluding carboxylic acids is 1. The summed E-state index contributed by atoms with van der Waals surface area (Å²) in [6.07, 6.45) is 1.05. The number of piperidine rings is 1. The van der Waals surface area contributed by atoms with Crippen LogP contribution < -0.4 is 5.56 Å². The lowest BCUT2D eigenvalue weighted by atomic mass is 9.83. The van der Waals surface area contributed by atoms with E-state index in [4.69, 9.17) is 4.84 Å². The standard InChI is InChI=1S/C28H28N6O4S/c1-18(24-9-5-11-39-24)31-38-16-25(35)29-30-27-21-6-2-3-7-23(21)34(28(27)37)17-32-13-19-12-20(15-32)22-8-4-10-26(36)33(22)14-19/h2-11,19-20,37H,12-17H2,1H3/b30-29?,31-18+/t19-,20?/m0/s1. The van der Waals surface area contributed by atoms with Crippen molar-refractivity contribution in [3.63, 3.8) is 0 Å². The largest absolute Gasteiger partial charge is 0.493 e. The maximum absolute atomic E-state index is 12.4. The van der Waals surface area contributed by atoms with Crippen LogP contribution in [0.1, 0.15) is 29.8 Å². The van der Waals surface area contributed by atoms with Crippen molar-refractivity contribution in [2.45, 2.75) is 32.5 Å².